The van der Waals surface area contributed by atoms with Crippen LogP contribution in [0.3, 0.4) is 0 Å². The quantitative estimate of drug-likeness (QED) is 0.667. The van der Waals surface area contributed by atoms with Gasteiger partial charge in [0.25, 0.3) is 7.55 Å². The van der Waals surface area contributed by atoms with Gasteiger partial charge in [-0.2, -0.15) is 0 Å². The highest BCUT2D eigenvalue weighted by atomic mass is 35.6. The van der Waals surface area contributed by atoms with E-state index in [0.29, 0.717) is 0 Å². The second-order valence-electron chi connectivity index (χ2n) is 6.93. The lowest BCUT2D eigenvalue weighted by Crippen LogP contribution is -2.96. The maximum Gasteiger partial charge on any atom is 0.281 e. The molecule has 1 heterocycles. The molecule has 0 radical (unpaired) electrons. The van der Waals surface area contributed by atoms with Gasteiger partial charge in [-0.25, -0.2) is 0 Å². The Bertz CT molecular complexity index is 608. The van der Waals surface area contributed by atoms with Gasteiger partial charge in [0.2, 0.25) is 0 Å². The minimum absolute atomic E-state index is 1.30. The predicted molar refractivity (Wildman–Crippen MR) is 104 cm³/mol. The molecule has 1 aliphatic rings. The summed E-state index contributed by atoms with van der Waals surface area (Å²) in [6.07, 6.45) is 0. The summed E-state index contributed by atoms with van der Waals surface area (Å²) < 4.78 is 6.67. The summed E-state index contributed by atoms with van der Waals surface area (Å²) in [7, 11) is -5.71. The second kappa shape index (κ2) is 5.44. The maximum absolute atomic E-state index is 7.56. The molecule has 1 N–H and O–H groups in total. The smallest absolute Gasteiger partial charge is 0.281 e. The Labute approximate surface area is 141 Å². The molecule has 0 amide bonds. The zero-order valence-electron chi connectivity index (χ0n) is 13.6. The molecule has 116 valence electrons. The zero-order chi connectivity index (χ0) is 16.0. The number of rotatable bonds is 3. The lowest BCUT2D eigenvalue weighted by Gasteiger charge is -2.65. The van der Waals surface area contributed by atoms with Crippen LogP contribution in [0, 0.1) is 0 Å². The number of hydrogen-bond donors (Lipinski definition) is 1. The van der Waals surface area contributed by atoms with Crippen molar-refractivity contribution in [2.45, 2.75) is 26.2 Å². The largest absolute Gasteiger partial charge is 0.337 e. The highest BCUT2D eigenvalue weighted by Gasteiger charge is 2.63. The van der Waals surface area contributed by atoms with Crippen molar-refractivity contribution in [1.29, 1.82) is 0 Å². The van der Waals surface area contributed by atoms with Crippen molar-refractivity contribution in [2.75, 3.05) is 0 Å². The average Bonchev–Trinajstić information content (AvgIpc) is 2.47. The van der Waals surface area contributed by atoms with Gasteiger partial charge in [-0.05, 0) is 36.6 Å². The van der Waals surface area contributed by atoms with Gasteiger partial charge in [0.1, 0.15) is 0 Å². The van der Waals surface area contributed by atoms with E-state index >= 15 is 0 Å². The fraction of sp³-hybridized carbons (Fsp3) is 0.250. The molecule has 0 saturated carbocycles. The van der Waals surface area contributed by atoms with Gasteiger partial charge in [0, 0.05) is 0 Å². The number of nitrogens with zero attached hydrogens (tertiary/aromatic N) is 1. The van der Waals surface area contributed by atoms with Crippen molar-refractivity contribution in [1.82, 2.24) is 8.54 Å². The van der Waals surface area contributed by atoms with Gasteiger partial charge in [-0.1, -0.05) is 60.7 Å². The van der Waals surface area contributed by atoms with Crippen molar-refractivity contribution < 1.29 is 0 Å². The normalized spacial score (nSPS) is 20.4. The molecule has 0 aliphatic carbocycles. The molecule has 0 unspecified atom stereocenters. The molecule has 1 saturated heterocycles. The van der Waals surface area contributed by atoms with Crippen LogP contribution in [0.2, 0.25) is 26.2 Å². The molecular formula is C16H23ClN2Si3. The first kappa shape index (κ1) is 16.2. The summed E-state index contributed by atoms with van der Waals surface area (Å²) in [5.41, 5.74) is 0. The predicted octanol–water partition coefficient (Wildman–Crippen LogP) is 2.79. The fourth-order valence-corrected chi connectivity index (χ4v) is 31.5. The van der Waals surface area contributed by atoms with E-state index in [1.54, 1.807) is 0 Å². The minimum atomic E-state index is -2.42. The summed E-state index contributed by atoms with van der Waals surface area (Å²) in [6, 6.07) is 21.4. The Hall–Kier alpha value is -0.699. The molecule has 0 bridgehead atoms. The van der Waals surface area contributed by atoms with Crippen molar-refractivity contribution in [3.8, 4) is 0 Å². The van der Waals surface area contributed by atoms with Crippen molar-refractivity contribution in [3.63, 3.8) is 0 Å². The molecule has 0 aromatic heterocycles. The van der Waals surface area contributed by atoms with Crippen LogP contribution in [-0.4, -0.2) is 28.2 Å². The van der Waals surface area contributed by atoms with Crippen LogP contribution in [0.1, 0.15) is 0 Å². The number of nitrogens with one attached hydrogen (secondary N) is 1. The summed E-state index contributed by atoms with van der Waals surface area (Å²) in [5.74, 6) is 0. The molecule has 0 atom stereocenters. The third-order valence-corrected chi connectivity index (χ3v) is 25.7. The van der Waals surface area contributed by atoms with E-state index in [1.165, 1.54) is 10.4 Å². The molecule has 22 heavy (non-hydrogen) atoms. The van der Waals surface area contributed by atoms with E-state index < -0.39 is 24.3 Å². The van der Waals surface area contributed by atoms with Crippen LogP contribution in [0.5, 0.6) is 0 Å². The van der Waals surface area contributed by atoms with Gasteiger partial charge < -0.3 is 8.54 Å². The van der Waals surface area contributed by atoms with Gasteiger partial charge in [-0.15, -0.1) is 11.1 Å². The van der Waals surface area contributed by atoms with E-state index in [0.717, 1.165) is 0 Å². The first-order valence-electron chi connectivity index (χ1n) is 7.68. The van der Waals surface area contributed by atoms with Gasteiger partial charge >= 0.3 is 0 Å². The van der Waals surface area contributed by atoms with E-state index in [-0.39, 0.29) is 0 Å². The summed E-state index contributed by atoms with van der Waals surface area (Å²) in [5, 5.41) is 2.59. The average molecular weight is 363 g/mol. The molecule has 6 heteroatoms. The van der Waals surface area contributed by atoms with Gasteiger partial charge in [0.15, 0.2) is 16.8 Å². The van der Waals surface area contributed by atoms with Crippen LogP contribution < -0.4 is 15.0 Å². The van der Waals surface area contributed by atoms with E-state index in [2.05, 4.69) is 95.4 Å². The van der Waals surface area contributed by atoms with E-state index in [4.69, 9.17) is 11.1 Å². The molecule has 1 aliphatic heterocycles. The van der Waals surface area contributed by atoms with Crippen molar-refractivity contribution >= 4 is 45.8 Å². The standard InChI is InChI=1S/C16H23ClN2Si3/c1-20(2)18-21(3,4)19(20)22(17,15-11-7-5-8-12-15)16-13-9-6-10-14-16/h5-14,18H,1-4H3. The Morgan fingerprint density at radius 2 is 1.14 bits per heavy atom. The van der Waals surface area contributed by atoms with E-state index in [9.17, 15) is 0 Å². The Morgan fingerprint density at radius 1 is 0.773 bits per heavy atom. The summed E-state index contributed by atoms with van der Waals surface area (Å²) in [6.45, 7) is 9.50. The number of hydrogen-bond acceptors (Lipinski definition) is 2. The lowest BCUT2D eigenvalue weighted by molar-refractivity contribution is 0.787. The van der Waals surface area contributed by atoms with Crippen LogP contribution in [0.4, 0.5) is 0 Å². The molecule has 2 aromatic carbocycles. The topological polar surface area (TPSA) is 15.3 Å². The second-order valence-corrected chi connectivity index (χ2v) is 20.9. The minimum Gasteiger partial charge on any atom is -0.337 e. The summed E-state index contributed by atoms with van der Waals surface area (Å²) in [4.78, 5) is 0. The zero-order valence-corrected chi connectivity index (χ0v) is 17.4. The Balaban J connectivity index is 2.21. The summed E-state index contributed by atoms with van der Waals surface area (Å²) >= 11 is 7.56. The third kappa shape index (κ3) is 2.46. The van der Waals surface area contributed by atoms with Gasteiger partial charge in [0.05, 0.1) is 0 Å². The fourth-order valence-electron chi connectivity index (χ4n) is 4.02. The third-order valence-electron chi connectivity index (χ3n) is 4.35. The highest BCUT2D eigenvalue weighted by molar-refractivity contribution is 7.40. The maximum atomic E-state index is 7.56. The first-order chi connectivity index (χ1) is 10.3. The van der Waals surface area contributed by atoms with Crippen LogP contribution in [0.25, 0.3) is 0 Å². The molecule has 3 rings (SSSR count). The van der Waals surface area contributed by atoms with Crippen molar-refractivity contribution in [3.05, 3.63) is 60.7 Å². The monoisotopic (exact) mass is 362 g/mol. The molecule has 2 aromatic rings. The molecular weight excluding hydrogens is 340 g/mol. The highest BCUT2D eigenvalue weighted by Crippen LogP contribution is 2.35. The van der Waals surface area contributed by atoms with E-state index in [1.807, 2.05) is 0 Å². The first-order valence-corrected chi connectivity index (χ1v) is 16.5. The van der Waals surface area contributed by atoms with Gasteiger partial charge in [-0.3, -0.25) is 0 Å². The molecule has 1 fully saturated rings. The molecule has 0 spiro atoms. The molecule has 2 nitrogen and oxygen atoms in total. The SMILES string of the molecule is C[Si]1(C)N[Si](C)(C)N1[Si](Cl)(c1ccccc1)c1ccccc1. The number of benzene rings is 2. The van der Waals surface area contributed by atoms with Crippen LogP contribution in [0.15, 0.2) is 60.7 Å². The van der Waals surface area contributed by atoms with Crippen molar-refractivity contribution in [2.24, 2.45) is 0 Å². The lowest BCUT2D eigenvalue weighted by atomic mass is 10.4. The van der Waals surface area contributed by atoms with Crippen LogP contribution >= 0.6 is 11.1 Å². The van der Waals surface area contributed by atoms with Crippen LogP contribution in [-0.2, 0) is 0 Å². The number of halogens is 1. The Morgan fingerprint density at radius 3 is 1.45 bits per heavy atom. The Kier molecular flexibility index (Phi) is 3.99.